The number of benzene rings is 2. The molecule has 1 saturated carbocycles. The van der Waals surface area contributed by atoms with Crippen molar-refractivity contribution in [2.24, 2.45) is 5.92 Å². The molecule has 2 unspecified atom stereocenters. The van der Waals surface area contributed by atoms with Gasteiger partial charge in [0.25, 0.3) is 0 Å². The van der Waals surface area contributed by atoms with E-state index in [9.17, 15) is 0 Å². The molecule has 3 aliphatic carbocycles. The second kappa shape index (κ2) is 4.00. The zero-order chi connectivity index (χ0) is 14.0. The summed E-state index contributed by atoms with van der Waals surface area (Å²) < 4.78 is 0. The Morgan fingerprint density at radius 1 is 1.19 bits per heavy atom. The van der Waals surface area contributed by atoms with Crippen molar-refractivity contribution < 1.29 is 0 Å². The number of aryl methyl sites for hydroxylation is 2. The molecule has 2 aromatic carbocycles. The standard InChI is InChI=1S/C21H22/c1-14-4-2-5-16-11-17-6-3-9-21(20(17)12-19(14)16)13-15-7-8-18(21)10-15/h2,4-5,7,11-12,18H,3,6,8-10,13H2,1H3. The molecule has 0 saturated heterocycles. The summed E-state index contributed by atoms with van der Waals surface area (Å²) in [6, 6.07) is 11.8. The summed E-state index contributed by atoms with van der Waals surface area (Å²) in [6.45, 7) is 2.26. The second-order valence-electron chi connectivity index (χ2n) is 7.49. The van der Waals surface area contributed by atoms with Gasteiger partial charge in [0.1, 0.15) is 0 Å². The van der Waals surface area contributed by atoms with Crippen LogP contribution in [0.15, 0.2) is 42.0 Å². The van der Waals surface area contributed by atoms with Crippen LogP contribution in [0.4, 0.5) is 0 Å². The van der Waals surface area contributed by atoms with Crippen LogP contribution in [0, 0.1) is 12.8 Å². The first-order valence-electron chi connectivity index (χ1n) is 8.47. The van der Waals surface area contributed by atoms with Crippen molar-refractivity contribution in [3.63, 3.8) is 0 Å². The normalized spacial score (nSPS) is 30.0. The number of fused-ring (bicyclic) bond motifs is 6. The summed E-state index contributed by atoms with van der Waals surface area (Å²) in [4.78, 5) is 0. The third-order valence-electron chi connectivity index (χ3n) is 6.45. The van der Waals surface area contributed by atoms with Crippen LogP contribution in [0.1, 0.15) is 48.8 Å². The monoisotopic (exact) mass is 274 g/mol. The number of rotatable bonds is 0. The van der Waals surface area contributed by atoms with Crippen molar-refractivity contribution in [2.45, 2.75) is 50.9 Å². The highest BCUT2D eigenvalue weighted by Crippen LogP contribution is 2.59. The van der Waals surface area contributed by atoms with Crippen LogP contribution < -0.4 is 0 Å². The highest BCUT2D eigenvalue weighted by molar-refractivity contribution is 5.87. The van der Waals surface area contributed by atoms with Crippen LogP contribution in [-0.2, 0) is 11.8 Å². The first kappa shape index (κ1) is 12.0. The van der Waals surface area contributed by atoms with Gasteiger partial charge in [-0.3, -0.25) is 0 Å². The van der Waals surface area contributed by atoms with Gasteiger partial charge in [0, 0.05) is 5.41 Å². The molecule has 0 N–H and O–H groups in total. The topological polar surface area (TPSA) is 0 Å². The third kappa shape index (κ3) is 1.51. The lowest BCUT2D eigenvalue weighted by Gasteiger charge is -2.42. The van der Waals surface area contributed by atoms with Crippen molar-refractivity contribution in [1.82, 2.24) is 0 Å². The average molecular weight is 274 g/mol. The molecule has 0 amide bonds. The van der Waals surface area contributed by atoms with E-state index < -0.39 is 0 Å². The average Bonchev–Trinajstić information content (AvgIpc) is 3.08. The van der Waals surface area contributed by atoms with E-state index in [1.54, 1.807) is 16.7 Å². The van der Waals surface area contributed by atoms with Crippen molar-refractivity contribution in [2.75, 3.05) is 0 Å². The number of allylic oxidation sites excluding steroid dienone is 2. The number of hydrogen-bond acceptors (Lipinski definition) is 0. The zero-order valence-corrected chi connectivity index (χ0v) is 12.8. The third-order valence-corrected chi connectivity index (χ3v) is 6.45. The lowest BCUT2D eigenvalue weighted by molar-refractivity contribution is 0.270. The first-order chi connectivity index (χ1) is 10.3. The van der Waals surface area contributed by atoms with E-state index in [-0.39, 0.29) is 0 Å². The minimum absolute atomic E-state index is 0.494. The fraction of sp³-hybridized carbons (Fsp3) is 0.429. The van der Waals surface area contributed by atoms with E-state index in [4.69, 9.17) is 0 Å². The van der Waals surface area contributed by atoms with E-state index in [2.05, 4.69) is 43.3 Å². The predicted octanol–water partition coefficient (Wildman–Crippen LogP) is 5.46. The van der Waals surface area contributed by atoms with E-state index in [0.29, 0.717) is 5.41 Å². The van der Waals surface area contributed by atoms with Gasteiger partial charge in [-0.1, -0.05) is 42.0 Å². The molecule has 0 nitrogen and oxygen atoms in total. The summed E-state index contributed by atoms with van der Waals surface area (Å²) in [6.07, 6.45) is 10.7. The predicted molar refractivity (Wildman–Crippen MR) is 88.7 cm³/mol. The lowest BCUT2D eigenvalue weighted by Crippen LogP contribution is -2.35. The van der Waals surface area contributed by atoms with Gasteiger partial charge in [-0.25, -0.2) is 0 Å². The summed E-state index contributed by atoms with van der Waals surface area (Å²) in [5.41, 5.74) is 7.03. The highest BCUT2D eigenvalue weighted by atomic mass is 14.5. The maximum Gasteiger partial charge on any atom is 0.00274 e. The molecule has 0 heteroatoms. The van der Waals surface area contributed by atoms with Crippen LogP contribution in [-0.4, -0.2) is 0 Å². The van der Waals surface area contributed by atoms with Gasteiger partial charge in [-0.15, -0.1) is 0 Å². The minimum atomic E-state index is 0.494. The van der Waals surface area contributed by atoms with E-state index in [1.165, 1.54) is 54.9 Å². The molecule has 5 rings (SSSR count). The largest absolute Gasteiger partial charge is 0.0850 e. The van der Waals surface area contributed by atoms with Crippen molar-refractivity contribution in [3.8, 4) is 0 Å². The highest BCUT2D eigenvalue weighted by Gasteiger charge is 2.49. The Hall–Kier alpha value is -1.56. The van der Waals surface area contributed by atoms with Crippen LogP contribution in [0.3, 0.4) is 0 Å². The van der Waals surface area contributed by atoms with Gasteiger partial charge in [-0.05, 0) is 78.8 Å². The Morgan fingerprint density at radius 2 is 2.14 bits per heavy atom. The maximum absolute atomic E-state index is 2.57. The fourth-order valence-corrected chi connectivity index (χ4v) is 5.44. The fourth-order valence-electron chi connectivity index (χ4n) is 5.44. The quantitative estimate of drug-likeness (QED) is 0.559. The van der Waals surface area contributed by atoms with Crippen LogP contribution in [0.25, 0.3) is 10.8 Å². The van der Waals surface area contributed by atoms with Gasteiger partial charge in [0.05, 0.1) is 0 Å². The molecule has 2 bridgehead atoms. The minimum Gasteiger partial charge on any atom is -0.0850 e. The van der Waals surface area contributed by atoms with Crippen molar-refractivity contribution >= 4 is 10.8 Å². The van der Waals surface area contributed by atoms with Crippen LogP contribution >= 0.6 is 0 Å². The second-order valence-corrected chi connectivity index (χ2v) is 7.49. The SMILES string of the molecule is Cc1cccc2cc3c(cc12)C1(CCC3)CC2=CCC1C2. The molecule has 0 aromatic heterocycles. The molecular weight excluding hydrogens is 252 g/mol. The molecule has 2 aromatic rings. The van der Waals surface area contributed by atoms with Gasteiger partial charge < -0.3 is 0 Å². The molecule has 1 spiro atoms. The van der Waals surface area contributed by atoms with Crippen LogP contribution in [0.5, 0.6) is 0 Å². The van der Waals surface area contributed by atoms with Gasteiger partial charge in [-0.2, -0.15) is 0 Å². The molecule has 0 heterocycles. The summed E-state index contributed by atoms with van der Waals surface area (Å²) >= 11 is 0. The maximum atomic E-state index is 2.57. The summed E-state index contributed by atoms with van der Waals surface area (Å²) in [5, 5.41) is 2.92. The van der Waals surface area contributed by atoms with Crippen molar-refractivity contribution in [3.05, 3.63) is 58.7 Å². The zero-order valence-electron chi connectivity index (χ0n) is 12.8. The van der Waals surface area contributed by atoms with Gasteiger partial charge in [0.2, 0.25) is 0 Å². The Morgan fingerprint density at radius 3 is 2.95 bits per heavy atom. The lowest BCUT2D eigenvalue weighted by atomic mass is 9.62. The summed E-state index contributed by atoms with van der Waals surface area (Å²) in [7, 11) is 0. The molecule has 1 fully saturated rings. The molecule has 3 aliphatic rings. The first-order valence-corrected chi connectivity index (χ1v) is 8.47. The molecule has 0 radical (unpaired) electrons. The smallest absolute Gasteiger partial charge is 0.00274 e. The molecular formula is C21H22. The molecule has 2 atom stereocenters. The van der Waals surface area contributed by atoms with E-state index >= 15 is 0 Å². The number of hydrogen-bond donors (Lipinski definition) is 0. The van der Waals surface area contributed by atoms with Gasteiger partial charge in [0.15, 0.2) is 0 Å². The summed E-state index contributed by atoms with van der Waals surface area (Å²) in [5.74, 6) is 0.896. The van der Waals surface area contributed by atoms with E-state index in [0.717, 1.165) is 5.92 Å². The van der Waals surface area contributed by atoms with Crippen molar-refractivity contribution in [1.29, 1.82) is 0 Å². The molecule has 21 heavy (non-hydrogen) atoms. The molecule has 106 valence electrons. The van der Waals surface area contributed by atoms with Gasteiger partial charge >= 0.3 is 0 Å². The Labute approximate surface area is 126 Å². The Kier molecular flexibility index (Phi) is 2.29. The van der Waals surface area contributed by atoms with E-state index in [1.807, 2.05) is 0 Å². The molecule has 0 aliphatic heterocycles. The Balaban J connectivity index is 1.79. The van der Waals surface area contributed by atoms with Crippen LogP contribution in [0.2, 0.25) is 0 Å². The Bertz CT molecular complexity index is 780.